The molecule has 0 bridgehead atoms. The van der Waals surface area contributed by atoms with Gasteiger partial charge in [0, 0.05) is 28.8 Å². The number of aromatic nitrogens is 1. The lowest BCUT2D eigenvalue weighted by molar-refractivity contribution is -0.110. The number of carbonyl (C=O) groups excluding carboxylic acids is 1. The van der Waals surface area contributed by atoms with E-state index in [0.29, 0.717) is 11.3 Å². The number of allylic oxidation sites excluding steroid dienone is 1. The summed E-state index contributed by atoms with van der Waals surface area (Å²) in [4.78, 5) is 15.3. The van der Waals surface area contributed by atoms with Crippen molar-refractivity contribution >= 4 is 34.4 Å². The molecule has 0 fully saturated rings. The highest BCUT2D eigenvalue weighted by molar-refractivity contribution is 6.36. The smallest absolute Gasteiger partial charge is 0.256 e. The number of fused-ring (bicyclic) bond motifs is 1. The number of guanidine groups is 1. The Balaban J connectivity index is 2.12. The third-order valence-corrected chi connectivity index (χ3v) is 3.42. The first kappa shape index (κ1) is 13.0. The molecule has 6 N–H and O–H groups in total. The van der Waals surface area contributed by atoms with Crippen molar-refractivity contribution in [3.8, 4) is 0 Å². The van der Waals surface area contributed by atoms with Crippen molar-refractivity contribution in [2.75, 3.05) is 10.6 Å². The molecule has 0 radical (unpaired) electrons. The molecule has 0 saturated carbocycles. The van der Waals surface area contributed by atoms with E-state index in [1.54, 1.807) is 12.1 Å². The number of nitrogens with one attached hydrogen (secondary N) is 4. The second kappa shape index (κ2) is 4.82. The summed E-state index contributed by atoms with van der Waals surface area (Å²) in [5.41, 5.74) is 9.98. The Morgan fingerprint density at radius 2 is 2.14 bits per heavy atom. The molecule has 2 aromatic rings. The van der Waals surface area contributed by atoms with Crippen LogP contribution in [0.1, 0.15) is 18.2 Å². The summed E-state index contributed by atoms with van der Waals surface area (Å²) in [7, 11) is 0. The summed E-state index contributed by atoms with van der Waals surface area (Å²) in [5, 5.41) is 12.9. The van der Waals surface area contributed by atoms with Gasteiger partial charge in [-0.05, 0) is 42.8 Å². The largest absolute Gasteiger partial charge is 0.370 e. The monoisotopic (exact) mass is 281 g/mol. The molecule has 1 aliphatic heterocycles. The fourth-order valence-electron chi connectivity index (χ4n) is 2.47. The molecule has 106 valence electrons. The highest BCUT2D eigenvalue weighted by Gasteiger charge is 2.27. The number of aromatic amines is 1. The highest BCUT2D eigenvalue weighted by Crippen LogP contribution is 2.37. The maximum Gasteiger partial charge on any atom is 0.256 e. The van der Waals surface area contributed by atoms with Crippen LogP contribution in [0.15, 0.2) is 36.5 Å². The summed E-state index contributed by atoms with van der Waals surface area (Å²) >= 11 is 0. The zero-order valence-electron chi connectivity index (χ0n) is 11.4. The number of benzene rings is 1. The van der Waals surface area contributed by atoms with Gasteiger partial charge in [-0.15, -0.1) is 0 Å². The zero-order chi connectivity index (χ0) is 15.0. The van der Waals surface area contributed by atoms with E-state index in [9.17, 15) is 4.79 Å². The predicted molar refractivity (Wildman–Crippen MR) is 83.9 cm³/mol. The molecule has 0 spiro atoms. The lowest BCUT2D eigenvalue weighted by Gasteiger charge is -2.07. The zero-order valence-corrected chi connectivity index (χ0v) is 11.4. The first-order valence-corrected chi connectivity index (χ1v) is 6.47. The van der Waals surface area contributed by atoms with Gasteiger partial charge in [-0.25, -0.2) is 0 Å². The average Bonchev–Trinajstić information content (AvgIpc) is 3.04. The number of rotatable bonds is 2. The Hall–Kier alpha value is -3.02. The van der Waals surface area contributed by atoms with Gasteiger partial charge in [-0.1, -0.05) is 0 Å². The normalized spacial score (nSPS) is 15.4. The maximum atomic E-state index is 12.2. The van der Waals surface area contributed by atoms with Crippen molar-refractivity contribution in [1.29, 1.82) is 5.41 Å². The molecule has 1 aromatic carbocycles. The van der Waals surface area contributed by atoms with Crippen molar-refractivity contribution in [3.63, 3.8) is 0 Å². The highest BCUT2D eigenvalue weighted by atomic mass is 16.2. The van der Waals surface area contributed by atoms with E-state index in [1.807, 2.05) is 31.3 Å². The van der Waals surface area contributed by atoms with Gasteiger partial charge in [0.05, 0.1) is 5.57 Å². The Morgan fingerprint density at radius 1 is 1.33 bits per heavy atom. The van der Waals surface area contributed by atoms with Crippen LogP contribution in [0.25, 0.3) is 11.1 Å². The minimum absolute atomic E-state index is 0.128. The molecular formula is C15H15N5O. The van der Waals surface area contributed by atoms with Crippen LogP contribution in [0.3, 0.4) is 0 Å². The first-order chi connectivity index (χ1) is 10.1. The summed E-state index contributed by atoms with van der Waals surface area (Å²) in [6.45, 7) is 1.90. The van der Waals surface area contributed by atoms with Crippen molar-refractivity contribution in [1.82, 2.24) is 4.98 Å². The third kappa shape index (κ3) is 2.27. The number of H-pyrrole nitrogens is 1. The van der Waals surface area contributed by atoms with Gasteiger partial charge in [-0.2, -0.15) is 0 Å². The van der Waals surface area contributed by atoms with Crippen LogP contribution in [-0.2, 0) is 4.79 Å². The van der Waals surface area contributed by atoms with Gasteiger partial charge < -0.3 is 21.4 Å². The molecule has 2 heterocycles. The number of hydrogen-bond acceptors (Lipinski definition) is 2. The molecule has 3 rings (SSSR count). The van der Waals surface area contributed by atoms with Gasteiger partial charge in [0.2, 0.25) is 0 Å². The van der Waals surface area contributed by atoms with E-state index in [4.69, 9.17) is 11.1 Å². The molecule has 0 unspecified atom stereocenters. The SMILES string of the molecule is C/C(=C1\C(=O)Nc2ccc(NC(=N)N)cc21)c1ccc[nH]1. The van der Waals surface area contributed by atoms with Crippen LogP contribution in [0, 0.1) is 5.41 Å². The Bertz CT molecular complexity index is 758. The van der Waals surface area contributed by atoms with Crippen LogP contribution in [0.4, 0.5) is 11.4 Å². The van der Waals surface area contributed by atoms with Crippen molar-refractivity contribution in [2.24, 2.45) is 5.73 Å². The molecular weight excluding hydrogens is 266 g/mol. The molecule has 1 amide bonds. The van der Waals surface area contributed by atoms with Gasteiger partial charge >= 0.3 is 0 Å². The van der Waals surface area contributed by atoms with E-state index in [0.717, 1.165) is 22.5 Å². The summed E-state index contributed by atoms with van der Waals surface area (Å²) < 4.78 is 0. The summed E-state index contributed by atoms with van der Waals surface area (Å²) in [6, 6.07) is 9.20. The minimum atomic E-state index is -0.140. The number of nitrogens with two attached hydrogens (primary N) is 1. The second-order valence-corrected chi connectivity index (χ2v) is 4.84. The fourth-order valence-corrected chi connectivity index (χ4v) is 2.47. The topological polar surface area (TPSA) is 107 Å². The molecule has 0 saturated heterocycles. The lowest BCUT2D eigenvalue weighted by Crippen LogP contribution is -2.20. The lowest BCUT2D eigenvalue weighted by atomic mass is 9.99. The van der Waals surface area contributed by atoms with Crippen LogP contribution < -0.4 is 16.4 Å². The van der Waals surface area contributed by atoms with Crippen LogP contribution in [0.2, 0.25) is 0 Å². The Kier molecular flexibility index (Phi) is 2.98. The quantitative estimate of drug-likeness (QED) is 0.331. The van der Waals surface area contributed by atoms with Crippen molar-refractivity contribution in [3.05, 3.63) is 47.8 Å². The average molecular weight is 281 g/mol. The van der Waals surface area contributed by atoms with Crippen LogP contribution in [-0.4, -0.2) is 16.9 Å². The van der Waals surface area contributed by atoms with Crippen LogP contribution >= 0.6 is 0 Å². The van der Waals surface area contributed by atoms with Gasteiger partial charge in [0.1, 0.15) is 0 Å². The van der Waals surface area contributed by atoms with E-state index >= 15 is 0 Å². The number of amides is 1. The third-order valence-electron chi connectivity index (χ3n) is 3.42. The Labute approximate surface area is 121 Å². The molecule has 1 aromatic heterocycles. The molecule has 21 heavy (non-hydrogen) atoms. The number of anilines is 2. The first-order valence-electron chi connectivity index (χ1n) is 6.47. The minimum Gasteiger partial charge on any atom is -0.370 e. The molecule has 0 aliphatic carbocycles. The predicted octanol–water partition coefficient (Wildman–Crippen LogP) is 2.20. The van der Waals surface area contributed by atoms with Gasteiger partial charge in [0.15, 0.2) is 5.96 Å². The standard InChI is InChI=1S/C15H15N5O/c1-8(11-3-2-6-18-11)13-10-7-9(19-15(16)17)4-5-12(10)20-14(13)21/h2-7,18H,1H3,(H,20,21)(H4,16,17,19)/b13-8+. The molecule has 0 atom stereocenters. The molecule has 1 aliphatic rings. The van der Waals surface area contributed by atoms with E-state index in [2.05, 4.69) is 15.6 Å². The molecule has 6 nitrogen and oxygen atoms in total. The molecule has 6 heteroatoms. The van der Waals surface area contributed by atoms with E-state index in [-0.39, 0.29) is 11.9 Å². The van der Waals surface area contributed by atoms with Gasteiger partial charge in [0.25, 0.3) is 5.91 Å². The van der Waals surface area contributed by atoms with E-state index < -0.39 is 0 Å². The number of carbonyl (C=O) groups is 1. The summed E-state index contributed by atoms with van der Waals surface area (Å²) in [6.07, 6.45) is 1.82. The number of hydrogen-bond donors (Lipinski definition) is 5. The maximum absolute atomic E-state index is 12.2. The summed E-state index contributed by atoms with van der Waals surface area (Å²) in [5.74, 6) is -0.268. The van der Waals surface area contributed by atoms with Gasteiger partial charge in [-0.3, -0.25) is 10.2 Å². The fraction of sp³-hybridized carbons (Fsp3) is 0.0667. The second-order valence-electron chi connectivity index (χ2n) is 4.84. The van der Waals surface area contributed by atoms with Crippen LogP contribution in [0.5, 0.6) is 0 Å². The Morgan fingerprint density at radius 3 is 2.81 bits per heavy atom. The van der Waals surface area contributed by atoms with Crippen molar-refractivity contribution < 1.29 is 4.79 Å². The van der Waals surface area contributed by atoms with E-state index in [1.165, 1.54) is 0 Å². The van der Waals surface area contributed by atoms with Crippen molar-refractivity contribution in [2.45, 2.75) is 6.92 Å².